The van der Waals surface area contributed by atoms with E-state index < -0.39 is 11.9 Å². The number of hydrogen-bond acceptors (Lipinski definition) is 5. The van der Waals surface area contributed by atoms with Crippen molar-refractivity contribution in [2.75, 3.05) is 12.4 Å². The molecule has 0 spiro atoms. The van der Waals surface area contributed by atoms with Crippen molar-refractivity contribution in [1.29, 1.82) is 0 Å². The maximum Gasteiger partial charge on any atom is 0.434 e. The van der Waals surface area contributed by atoms with Crippen LogP contribution in [0.2, 0.25) is 0 Å². The summed E-state index contributed by atoms with van der Waals surface area (Å²) in [5.41, 5.74) is 1.32. The minimum Gasteiger partial charge on any atom is -0.497 e. The van der Waals surface area contributed by atoms with Gasteiger partial charge in [-0.05, 0) is 37.3 Å². The number of fused-ring (bicyclic) bond motifs is 3. The molecule has 150 valence electrons. The van der Waals surface area contributed by atoms with E-state index in [-0.39, 0.29) is 23.5 Å². The molecule has 0 amide bonds. The molecule has 3 aromatic heterocycles. The van der Waals surface area contributed by atoms with Gasteiger partial charge in [-0.2, -0.15) is 18.2 Å². The molecular formula is C20H18F3N5O. The first-order chi connectivity index (χ1) is 13.8. The van der Waals surface area contributed by atoms with Crippen molar-refractivity contribution in [3.8, 4) is 5.75 Å². The van der Waals surface area contributed by atoms with Crippen molar-refractivity contribution in [3.63, 3.8) is 0 Å². The van der Waals surface area contributed by atoms with Gasteiger partial charge in [0.25, 0.3) is 0 Å². The van der Waals surface area contributed by atoms with Crippen LogP contribution in [0.1, 0.15) is 17.1 Å². The number of rotatable bonds is 4. The summed E-state index contributed by atoms with van der Waals surface area (Å²) >= 11 is 0. The largest absolute Gasteiger partial charge is 0.497 e. The van der Waals surface area contributed by atoms with Crippen LogP contribution in [0.25, 0.3) is 21.9 Å². The number of nitrogens with one attached hydrogen (secondary N) is 1. The van der Waals surface area contributed by atoms with E-state index in [9.17, 15) is 13.2 Å². The van der Waals surface area contributed by atoms with Crippen LogP contribution in [0.4, 0.5) is 19.1 Å². The Labute approximate surface area is 164 Å². The van der Waals surface area contributed by atoms with Crippen molar-refractivity contribution in [2.24, 2.45) is 7.05 Å². The van der Waals surface area contributed by atoms with Gasteiger partial charge in [0.05, 0.1) is 30.3 Å². The number of hydrogen-bond donors (Lipinski definition) is 1. The van der Waals surface area contributed by atoms with E-state index in [1.165, 1.54) is 7.11 Å². The van der Waals surface area contributed by atoms with Gasteiger partial charge in [0.2, 0.25) is 5.95 Å². The molecular weight excluding hydrogens is 383 g/mol. The lowest BCUT2D eigenvalue weighted by Gasteiger charge is -2.11. The van der Waals surface area contributed by atoms with E-state index in [0.717, 1.165) is 5.69 Å². The molecule has 0 aliphatic heterocycles. The predicted octanol–water partition coefficient (Wildman–Crippen LogP) is 4.46. The summed E-state index contributed by atoms with van der Waals surface area (Å²) in [5.74, 6) is 0.358. The molecule has 1 N–H and O–H groups in total. The second kappa shape index (κ2) is 6.91. The van der Waals surface area contributed by atoms with Gasteiger partial charge in [-0.25, -0.2) is 4.98 Å². The second-order valence-electron chi connectivity index (χ2n) is 6.66. The van der Waals surface area contributed by atoms with Crippen LogP contribution >= 0.6 is 0 Å². The highest BCUT2D eigenvalue weighted by Gasteiger charge is 2.37. The first kappa shape index (κ1) is 19.0. The molecule has 0 saturated heterocycles. The number of halogens is 3. The van der Waals surface area contributed by atoms with Crippen LogP contribution in [0.5, 0.6) is 5.75 Å². The van der Waals surface area contributed by atoms with Crippen LogP contribution in [0.15, 0.2) is 36.4 Å². The Bertz CT molecular complexity index is 1220. The number of anilines is 1. The monoisotopic (exact) mass is 401 g/mol. The number of nitrogens with zero attached hydrogens (tertiary/aromatic N) is 4. The smallest absolute Gasteiger partial charge is 0.434 e. The van der Waals surface area contributed by atoms with Crippen LogP contribution < -0.4 is 10.1 Å². The summed E-state index contributed by atoms with van der Waals surface area (Å²) in [6, 6.07) is 10.4. The first-order valence-electron chi connectivity index (χ1n) is 8.85. The fourth-order valence-electron chi connectivity index (χ4n) is 3.34. The number of aromatic nitrogens is 4. The Hall–Kier alpha value is -3.36. The minimum absolute atomic E-state index is 0.0480. The lowest BCUT2D eigenvalue weighted by atomic mass is 10.1. The highest BCUT2D eigenvalue weighted by Crippen LogP contribution is 2.39. The van der Waals surface area contributed by atoms with E-state index in [4.69, 9.17) is 4.74 Å². The Kier molecular flexibility index (Phi) is 4.52. The molecule has 0 aliphatic carbocycles. The molecule has 1 aromatic carbocycles. The van der Waals surface area contributed by atoms with Gasteiger partial charge in [0.1, 0.15) is 11.4 Å². The Morgan fingerprint density at radius 2 is 1.90 bits per heavy atom. The maximum atomic E-state index is 13.9. The molecule has 0 radical (unpaired) electrons. The van der Waals surface area contributed by atoms with Gasteiger partial charge in [0, 0.05) is 18.1 Å². The highest BCUT2D eigenvalue weighted by atomic mass is 19.4. The lowest BCUT2D eigenvalue weighted by Crippen LogP contribution is -2.13. The first-order valence-corrected chi connectivity index (χ1v) is 8.85. The Morgan fingerprint density at radius 1 is 1.10 bits per heavy atom. The van der Waals surface area contributed by atoms with Gasteiger partial charge in [0.15, 0.2) is 5.69 Å². The zero-order valence-electron chi connectivity index (χ0n) is 16.0. The van der Waals surface area contributed by atoms with Crippen molar-refractivity contribution in [3.05, 3.63) is 53.5 Å². The van der Waals surface area contributed by atoms with E-state index >= 15 is 0 Å². The molecule has 3 heterocycles. The second-order valence-corrected chi connectivity index (χ2v) is 6.66. The van der Waals surface area contributed by atoms with Gasteiger partial charge < -0.3 is 14.6 Å². The number of ether oxygens (including phenoxy) is 1. The molecule has 0 unspecified atom stereocenters. The van der Waals surface area contributed by atoms with Crippen molar-refractivity contribution in [2.45, 2.75) is 19.6 Å². The molecule has 9 heteroatoms. The standard InChI is InChI=1S/C20H18F3N5O/c1-11-5-4-6-12(25-11)10-24-19-26-17(20(21,22)23)16-14-9-13(29-3)7-8-15(14)28(2)18(16)27-19/h4-9H,10H2,1-3H3,(H,24,26,27). The summed E-state index contributed by atoms with van der Waals surface area (Å²) in [6.45, 7) is 2.06. The van der Waals surface area contributed by atoms with E-state index in [2.05, 4.69) is 20.3 Å². The van der Waals surface area contributed by atoms with Gasteiger partial charge in [-0.15, -0.1) is 0 Å². The van der Waals surface area contributed by atoms with Crippen molar-refractivity contribution in [1.82, 2.24) is 19.5 Å². The third-order valence-corrected chi connectivity index (χ3v) is 4.68. The fraction of sp³-hybridized carbons (Fsp3) is 0.250. The molecule has 4 rings (SSSR count). The number of alkyl halides is 3. The number of pyridine rings is 1. The summed E-state index contributed by atoms with van der Waals surface area (Å²) < 4.78 is 48.4. The molecule has 0 bridgehead atoms. The van der Waals surface area contributed by atoms with E-state index in [1.807, 2.05) is 19.1 Å². The highest BCUT2D eigenvalue weighted by molar-refractivity contribution is 6.08. The average Bonchev–Trinajstić information content (AvgIpc) is 2.97. The average molecular weight is 401 g/mol. The van der Waals surface area contributed by atoms with Crippen molar-refractivity contribution < 1.29 is 17.9 Å². The summed E-state index contributed by atoms with van der Waals surface area (Å²) in [5, 5.41) is 3.21. The molecule has 6 nitrogen and oxygen atoms in total. The third-order valence-electron chi connectivity index (χ3n) is 4.68. The molecule has 0 atom stereocenters. The third kappa shape index (κ3) is 3.43. The number of benzene rings is 1. The maximum absolute atomic E-state index is 13.9. The predicted molar refractivity (Wildman–Crippen MR) is 104 cm³/mol. The normalized spacial score (nSPS) is 11.9. The SMILES string of the molecule is COc1ccc2c(c1)c1c(C(F)(F)F)nc(NCc3cccc(C)n3)nc1n2C. The van der Waals surface area contributed by atoms with Crippen LogP contribution in [-0.2, 0) is 19.8 Å². The molecule has 0 aliphatic rings. The zero-order valence-corrected chi connectivity index (χ0v) is 16.0. The quantitative estimate of drug-likeness (QED) is 0.547. The summed E-state index contributed by atoms with van der Waals surface area (Å²) in [7, 11) is 3.14. The molecule has 0 saturated carbocycles. The number of methoxy groups -OCH3 is 1. The topological polar surface area (TPSA) is 64.9 Å². The van der Waals surface area contributed by atoms with Gasteiger partial charge in [-0.1, -0.05) is 6.07 Å². The summed E-state index contributed by atoms with van der Waals surface area (Å²) in [6.07, 6.45) is -4.64. The Balaban J connectivity index is 1.87. The Morgan fingerprint density at radius 3 is 2.59 bits per heavy atom. The summed E-state index contributed by atoms with van der Waals surface area (Å²) in [4.78, 5) is 12.5. The molecule has 0 fully saturated rings. The van der Waals surface area contributed by atoms with Crippen LogP contribution in [0.3, 0.4) is 0 Å². The van der Waals surface area contributed by atoms with E-state index in [1.54, 1.807) is 35.9 Å². The van der Waals surface area contributed by atoms with Gasteiger partial charge >= 0.3 is 6.18 Å². The van der Waals surface area contributed by atoms with Crippen LogP contribution in [-0.4, -0.2) is 26.6 Å². The fourth-order valence-corrected chi connectivity index (χ4v) is 3.34. The minimum atomic E-state index is -4.64. The number of aryl methyl sites for hydroxylation is 2. The zero-order chi connectivity index (χ0) is 20.8. The van der Waals surface area contributed by atoms with Gasteiger partial charge in [-0.3, -0.25) is 4.98 Å². The lowest BCUT2D eigenvalue weighted by molar-refractivity contribution is -0.139. The van der Waals surface area contributed by atoms with E-state index in [0.29, 0.717) is 22.3 Å². The van der Waals surface area contributed by atoms with Crippen LogP contribution in [0, 0.1) is 6.92 Å². The van der Waals surface area contributed by atoms with Crippen molar-refractivity contribution >= 4 is 27.9 Å². The molecule has 4 aromatic rings. The molecule has 29 heavy (non-hydrogen) atoms.